The SMILES string of the molecule is CC(C)N(CC1CC1)c1ccc(C(=N)N)cn1. The molecule has 1 saturated carbocycles. The first-order chi connectivity index (χ1) is 8.08. The summed E-state index contributed by atoms with van der Waals surface area (Å²) in [6.45, 7) is 5.45. The van der Waals surface area contributed by atoms with Gasteiger partial charge in [-0.05, 0) is 44.7 Å². The highest BCUT2D eigenvalue weighted by molar-refractivity contribution is 5.94. The van der Waals surface area contributed by atoms with Gasteiger partial charge in [0.15, 0.2) is 0 Å². The monoisotopic (exact) mass is 232 g/mol. The molecule has 2 rings (SSSR count). The lowest BCUT2D eigenvalue weighted by Crippen LogP contribution is -2.33. The minimum absolute atomic E-state index is 0.0716. The van der Waals surface area contributed by atoms with Crippen LogP contribution in [0.15, 0.2) is 18.3 Å². The zero-order valence-electron chi connectivity index (χ0n) is 10.5. The number of pyridine rings is 1. The van der Waals surface area contributed by atoms with Gasteiger partial charge in [-0.15, -0.1) is 0 Å². The molecule has 17 heavy (non-hydrogen) atoms. The lowest BCUT2D eigenvalue weighted by molar-refractivity contribution is 0.637. The topological polar surface area (TPSA) is 66.0 Å². The highest BCUT2D eigenvalue weighted by Gasteiger charge is 2.26. The molecule has 1 heterocycles. The number of hydrogen-bond acceptors (Lipinski definition) is 3. The largest absolute Gasteiger partial charge is 0.384 e. The predicted octanol–water partition coefficient (Wildman–Crippen LogP) is 1.99. The summed E-state index contributed by atoms with van der Waals surface area (Å²) in [6, 6.07) is 4.28. The predicted molar refractivity (Wildman–Crippen MR) is 70.5 cm³/mol. The fourth-order valence-corrected chi connectivity index (χ4v) is 1.86. The molecule has 0 radical (unpaired) electrons. The molecule has 3 N–H and O–H groups in total. The van der Waals surface area contributed by atoms with Crippen molar-refractivity contribution in [2.45, 2.75) is 32.7 Å². The fourth-order valence-electron chi connectivity index (χ4n) is 1.86. The number of amidine groups is 1. The molecule has 0 aromatic carbocycles. The third-order valence-electron chi connectivity index (χ3n) is 3.13. The Morgan fingerprint density at radius 3 is 2.65 bits per heavy atom. The van der Waals surface area contributed by atoms with Crippen molar-refractivity contribution < 1.29 is 0 Å². The minimum atomic E-state index is 0.0716. The first-order valence-electron chi connectivity index (χ1n) is 6.15. The highest BCUT2D eigenvalue weighted by atomic mass is 15.2. The van der Waals surface area contributed by atoms with Crippen molar-refractivity contribution >= 4 is 11.7 Å². The third-order valence-corrected chi connectivity index (χ3v) is 3.13. The maximum absolute atomic E-state index is 7.34. The highest BCUT2D eigenvalue weighted by Crippen LogP contribution is 2.31. The molecule has 0 atom stereocenters. The summed E-state index contributed by atoms with van der Waals surface area (Å²) in [5, 5.41) is 7.34. The van der Waals surface area contributed by atoms with Gasteiger partial charge in [0.25, 0.3) is 0 Å². The fraction of sp³-hybridized carbons (Fsp3) is 0.538. The molecule has 4 heteroatoms. The Balaban J connectivity index is 2.14. The number of rotatable bonds is 5. The van der Waals surface area contributed by atoms with E-state index in [2.05, 4.69) is 23.7 Å². The summed E-state index contributed by atoms with van der Waals surface area (Å²) in [7, 11) is 0. The molecule has 1 aromatic rings. The van der Waals surface area contributed by atoms with Gasteiger partial charge < -0.3 is 10.6 Å². The molecule has 92 valence electrons. The van der Waals surface area contributed by atoms with Crippen molar-refractivity contribution in [1.29, 1.82) is 5.41 Å². The number of nitrogens with zero attached hydrogens (tertiary/aromatic N) is 2. The van der Waals surface area contributed by atoms with Gasteiger partial charge in [-0.25, -0.2) is 4.98 Å². The van der Waals surface area contributed by atoms with E-state index in [1.807, 2.05) is 12.1 Å². The van der Waals surface area contributed by atoms with Crippen LogP contribution < -0.4 is 10.6 Å². The zero-order valence-corrected chi connectivity index (χ0v) is 10.5. The van der Waals surface area contributed by atoms with Crippen molar-refractivity contribution in [2.24, 2.45) is 11.7 Å². The molecule has 0 saturated heterocycles. The van der Waals surface area contributed by atoms with Gasteiger partial charge in [0.1, 0.15) is 11.7 Å². The minimum Gasteiger partial charge on any atom is -0.384 e. The van der Waals surface area contributed by atoms with Crippen LogP contribution in [0.2, 0.25) is 0 Å². The van der Waals surface area contributed by atoms with E-state index in [4.69, 9.17) is 11.1 Å². The smallest absolute Gasteiger partial charge is 0.128 e. The van der Waals surface area contributed by atoms with Crippen molar-refractivity contribution in [2.75, 3.05) is 11.4 Å². The lowest BCUT2D eigenvalue weighted by Gasteiger charge is -2.28. The second kappa shape index (κ2) is 4.73. The summed E-state index contributed by atoms with van der Waals surface area (Å²) >= 11 is 0. The quantitative estimate of drug-likeness (QED) is 0.602. The normalized spacial score (nSPS) is 15.0. The maximum Gasteiger partial charge on any atom is 0.128 e. The molecule has 1 fully saturated rings. The molecule has 1 aliphatic carbocycles. The van der Waals surface area contributed by atoms with Gasteiger partial charge in [-0.3, -0.25) is 5.41 Å². The summed E-state index contributed by atoms with van der Waals surface area (Å²) < 4.78 is 0. The van der Waals surface area contributed by atoms with Gasteiger partial charge >= 0.3 is 0 Å². The van der Waals surface area contributed by atoms with E-state index in [-0.39, 0.29) is 5.84 Å². The van der Waals surface area contributed by atoms with Crippen LogP contribution in [0.25, 0.3) is 0 Å². The Bertz CT molecular complexity index is 392. The van der Waals surface area contributed by atoms with Crippen LogP contribution in [-0.2, 0) is 0 Å². The van der Waals surface area contributed by atoms with Crippen LogP contribution in [0, 0.1) is 11.3 Å². The van der Waals surface area contributed by atoms with Gasteiger partial charge in [0.05, 0.1) is 0 Å². The molecule has 1 aliphatic rings. The van der Waals surface area contributed by atoms with Crippen LogP contribution >= 0.6 is 0 Å². The number of hydrogen-bond donors (Lipinski definition) is 2. The molecule has 1 aromatic heterocycles. The molecule has 0 aliphatic heterocycles. The summed E-state index contributed by atoms with van der Waals surface area (Å²) in [4.78, 5) is 6.73. The van der Waals surface area contributed by atoms with Crippen molar-refractivity contribution in [3.05, 3.63) is 23.9 Å². The third kappa shape index (κ3) is 2.96. The van der Waals surface area contributed by atoms with Crippen LogP contribution in [0.5, 0.6) is 0 Å². The number of nitrogens with one attached hydrogen (secondary N) is 1. The van der Waals surface area contributed by atoms with E-state index in [1.165, 1.54) is 12.8 Å². The van der Waals surface area contributed by atoms with Crippen molar-refractivity contribution in [3.8, 4) is 0 Å². The van der Waals surface area contributed by atoms with Gasteiger partial charge in [-0.2, -0.15) is 0 Å². The van der Waals surface area contributed by atoms with E-state index in [9.17, 15) is 0 Å². The molecule has 0 amide bonds. The Labute approximate surface area is 102 Å². The van der Waals surface area contributed by atoms with Gasteiger partial charge in [0.2, 0.25) is 0 Å². The second-order valence-corrected chi connectivity index (χ2v) is 5.01. The number of aromatic nitrogens is 1. The van der Waals surface area contributed by atoms with Crippen LogP contribution in [0.4, 0.5) is 5.82 Å². The Morgan fingerprint density at radius 1 is 1.53 bits per heavy atom. The van der Waals surface area contributed by atoms with Crippen molar-refractivity contribution in [1.82, 2.24) is 4.98 Å². The standard InChI is InChI=1S/C13H20N4/c1-9(2)17(8-10-3-4-10)12-6-5-11(7-16-12)13(14)15/h5-7,9-10H,3-4,8H2,1-2H3,(H3,14,15). The summed E-state index contributed by atoms with van der Waals surface area (Å²) in [5.41, 5.74) is 6.10. The summed E-state index contributed by atoms with van der Waals surface area (Å²) in [6.07, 6.45) is 4.36. The van der Waals surface area contributed by atoms with Gasteiger partial charge in [-0.1, -0.05) is 0 Å². The van der Waals surface area contributed by atoms with E-state index < -0.39 is 0 Å². The van der Waals surface area contributed by atoms with E-state index >= 15 is 0 Å². The average molecular weight is 232 g/mol. The summed E-state index contributed by atoms with van der Waals surface area (Å²) in [5.74, 6) is 1.89. The van der Waals surface area contributed by atoms with E-state index in [0.717, 1.165) is 18.3 Å². The van der Waals surface area contributed by atoms with Crippen LogP contribution in [-0.4, -0.2) is 23.4 Å². The Morgan fingerprint density at radius 2 is 2.24 bits per heavy atom. The first kappa shape index (κ1) is 11.9. The number of nitrogen functional groups attached to an aromatic ring is 1. The van der Waals surface area contributed by atoms with E-state index in [1.54, 1.807) is 6.20 Å². The number of nitrogens with two attached hydrogens (primary N) is 1. The Kier molecular flexibility index (Phi) is 3.31. The number of anilines is 1. The molecule has 0 unspecified atom stereocenters. The van der Waals surface area contributed by atoms with Crippen molar-refractivity contribution in [3.63, 3.8) is 0 Å². The first-order valence-corrected chi connectivity index (χ1v) is 6.15. The van der Waals surface area contributed by atoms with Crippen LogP contribution in [0.3, 0.4) is 0 Å². The Hall–Kier alpha value is -1.58. The molecular weight excluding hydrogens is 212 g/mol. The maximum atomic E-state index is 7.34. The molecule has 0 bridgehead atoms. The average Bonchev–Trinajstić information content (AvgIpc) is 3.09. The molecular formula is C13H20N4. The lowest BCUT2D eigenvalue weighted by atomic mass is 10.2. The van der Waals surface area contributed by atoms with Gasteiger partial charge in [0, 0.05) is 24.3 Å². The second-order valence-electron chi connectivity index (χ2n) is 5.01. The molecule has 0 spiro atoms. The zero-order chi connectivity index (χ0) is 12.4. The van der Waals surface area contributed by atoms with Crippen LogP contribution in [0.1, 0.15) is 32.3 Å². The molecule has 4 nitrogen and oxygen atoms in total. The van der Waals surface area contributed by atoms with E-state index in [0.29, 0.717) is 11.6 Å².